The van der Waals surface area contributed by atoms with Crippen molar-refractivity contribution >= 4 is 40.0 Å². The quantitative estimate of drug-likeness (QED) is 0.382. The van der Waals surface area contributed by atoms with Crippen LogP contribution in [0.25, 0.3) is 22.2 Å². The molecule has 4 heterocycles. The first-order valence-electron chi connectivity index (χ1n) is 11.0. The summed E-state index contributed by atoms with van der Waals surface area (Å²) < 4.78 is 0. The van der Waals surface area contributed by atoms with Gasteiger partial charge in [-0.25, -0.2) is 15.0 Å². The summed E-state index contributed by atoms with van der Waals surface area (Å²) in [6.45, 7) is 7.32. The number of pyridine rings is 2. The Morgan fingerprint density at radius 1 is 1.03 bits per heavy atom. The van der Waals surface area contributed by atoms with Crippen molar-refractivity contribution in [2.24, 2.45) is 0 Å². The molecule has 0 atom stereocenters. The number of aromatic nitrogens is 4. The predicted octanol–water partition coefficient (Wildman–Crippen LogP) is 3.36. The minimum absolute atomic E-state index is 0.277. The number of fused-ring (bicyclic) bond motifs is 1. The van der Waals surface area contributed by atoms with E-state index in [0.717, 1.165) is 54.2 Å². The van der Waals surface area contributed by atoms with Crippen LogP contribution in [-0.2, 0) is 4.79 Å². The van der Waals surface area contributed by atoms with Crippen molar-refractivity contribution in [3.8, 4) is 11.3 Å². The number of amides is 1. The van der Waals surface area contributed by atoms with Gasteiger partial charge in [0.05, 0.1) is 23.1 Å². The number of piperazine rings is 1. The van der Waals surface area contributed by atoms with Crippen molar-refractivity contribution in [1.29, 1.82) is 0 Å². The second-order valence-electron chi connectivity index (χ2n) is 7.83. The molecule has 3 N–H and O–H groups in total. The summed E-state index contributed by atoms with van der Waals surface area (Å²) in [5.74, 6) is 1.15. The van der Waals surface area contributed by atoms with Crippen LogP contribution < -0.4 is 20.9 Å². The van der Waals surface area contributed by atoms with Crippen LogP contribution in [0.5, 0.6) is 0 Å². The first-order valence-corrected chi connectivity index (χ1v) is 11.0. The van der Waals surface area contributed by atoms with Gasteiger partial charge in [-0.3, -0.25) is 9.78 Å². The third-order valence-corrected chi connectivity index (χ3v) is 5.54. The summed E-state index contributed by atoms with van der Waals surface area (Å²) in [5.41, 5.74) is 3.73. The summed E-state index contributed by atoms with van der Waals surface area (Å²) >= 11 is 0. The summed E-state index contributed by atoms with van der Waals surface area (Å²) in [6.07, 6.45) is 6.46. The second-order valence-corrected chi connectivity index (χ2v) is 7.83. The fourth-order valence-electron chi connectivity index (χ4n) is 3.84. The molecule has 1 amide bonds. The van der Waals surface area contributed by atoms with E-state index in [4.69, 9.17) is 4.98 Å². The number of anilines is 4. The summed E-state index contributed by atoms with van der Waals surface area (Å²) in [5, 5.41) is 10.2. The number of nitrogens with one attached hydrogen (secondary N) is 3. The molecule has 34 heavy (non-hydrogen) atoms. The monoisotopic (exact) mass is 452 g/mol. The molecule has 0 aliphatic carbocycles. The van der Waals surface area contributed by atoms with Crippen molar-refractivity contribution in [3.63, 3.8) is 0 Å². The Morgan fingerprint density at radius 2 is 1.91 bits per heavy atom. The lowest BCUT2D eigenvalue weighted by atomic mass is 10.1. The Kier molecular flexibility index (Phi) is 6.09. The minimum Gasteiger partial charge on any atom is -0.354 e. The zero-order chi connectivity index (χ0) is 23.3. The molecule has 0 unspecified atom stereocenters. The Morgan fingerprint density at radius 3 is 2.71 bits per heavy atom. The van der Waals surface area contributed by atoms with Gasteiger partial charge in [-0.15, -0.1) is 0 Å². The zero-order valence-electron chi connectivity index (χ0n) is 18.5. The molecule has 0 bridgehead atoms. The average Bonchev–Trinajstić information content (AvgIpc) is 2.89. The maximum Gasteiger partial charge on any atom is 0.247 e. The molecule has 1 saturated heterocycles. The largest absolute Gasteiger partial charge is 0.354 e. The van der Waals surface area contributed by atoms with Crippen LogP contribution in [0, 0.1) is 0 Å². The fourth-order valence-corrected chi connectivity index (χ4v) is 3.84. The molecule has 170 valence electrons. The lowest BCUT2D eigenvalue weighted by molar-refractivity contribution is -0.111. The number of benzene rings is 1. The van der Waals surface area contributed by atoms with Gasteiger partial charge in [0.1, 0.15) is 5.82 Å². The highest BCUT2D eigenvalue weighted by atomic mass is 16.1. The SMILES string of the molecule is C=CC(=O)Nc1ccnc(-c2cccc3cnc(Nc4ccc(N5CCNCC5)nc4)nc23)c1. The van der Waals surface area contributed by atoms with Crippen molar-refractivity contribution in [1.82, 2.24) is 25.3 Å². The first-order chi connectivity index (χ1) is 16.7. The Hall–Kier alpha value is -4.37. The van der Waals surface area contributed by atoms with Crippen LogP contribution in [0.2, 0.25) is 0 Å². The average molecular weight is 453 g/mol. The number of para-hydroxylation sites is 1. The summed E-state index contributed by atoms with van der Waals surface area (Å²) in [6, 6.07) is 13.4. The molecule has 1 aliphatic heterocycles. The van der Waals surface area contributed by atoms with Crippen molar-refractivity contribution in [2.45, 2.75) is 0 Å². The molecule has 3 aromatic heterocycles. The molecule has 5 rings (SSSR count). The number of rotatable bonds is 6. The molecule has 1 fully saturated rings. The van der Waals surface area contributed by atoms with E-state index in [2.05, 4.69) is 42.4 Å². The maximum atomic E-state index is 11.7. The van der Waals surface area contributed by atoms with Gasteiger partial charge in [0.25, 0.3) is 0 Å². The zero-order valence-corrected chi connectivity index (χ0v) is 18.5. The normalized spacial score (nSPS) is 13.5. The van der Waals surface area contributed by atoms with Gasteiger partial charge in [0, 0.05) is 55.2 Å². The van der Waals surface area contributed by atoms with Gasteiger partial charge < -0.3 is 20.9 Å². The highest BCUT2D eigenvalue weighted by Gasteiger charge is 2.12. The molecule has 4 aromatic rings. The van der Waals surface area contributed by atoms with Crippen LogP contribution in [0.1, 0.15) is 0 Å². The Balaban J connectivity index is 1.41. The van der Waals surface area contributed by atoms with Crippen LogP contribution in [0.15, 0.2) is 73.7 Å². The van der Waals surface area contributed by atoms with Crippen LogP contribution in [0.3, 0.4) is 0 Å². The highest BCUT2D eigenvalue weighted by Crippen LogP contribution is 2.28. The lowest BCUT2D eigenvalue weighted by Crippen LogP contribution is -2.43. The minimum atomic E-state index is -0.277. The van der Waals surface area contributed by atoms with Crippen LogP contribution >= 0.6 is 0 Å². The van der Waals surface area contributed by atoms with Crippen molar-refractivity contribution < 1.29 is 4.79 Å². The van der Waals surface area contributed by atoms with E-state index in [1.807, 2.05) is 36.4 Å². The van der Waals surface area contributed by atoms with E-state index < -0.39 is 0 Å². The number of carbonyl (C=O) groups is 1. The molecule has 9 nitrogen and oxygen atoms in total. The number of hydrogen-bond acceptors (Lipinski definition) is 8. The molecular weight excluding hydrogens is 428 g/mol. The molecular formula is C25H24N8O. The standard InChI is InChI=1S/C25H24N8O/c1-2-23(34)30-18-8-9-27-21(14-18)20-5-3-4-17-15-29-25(32-24(17)20)31-19-6-7-22(28-16-19)33-12-10-26-11-13-33/h2-9,14-16,26H,1,10-13H2,(H,27,30,34)(H,29,31,32). The maximum absolute atomic E-state index is 11.7. The van der Waals surface area contributed by atoms with E-state index in [9.17, 15) is 4.79 Å². The Labute approximate surface area is 197 Å². The number of hydrogen-bond donors (Lipinski definition) is 3. The van der Waals surface area contributed by atoms with Gasteiger partial charge in [-0.1, -0.05) is 24.8 Å². The fraction of sp³-hybridized carbons (Fsp3) is 0.160. The number of nitrogens with zero attached hydrogens (tertiary/aromatic N) is 5. The van der Waals surface area contributed by atoms with Crippen LogP contribution in [-0.4, -0.2) is 52.0 Å². The van der Waals surface area contributed by atoms with E-state index in [1.54, 1.807) is 24.7 Å². The van der Waals surface area contributed by atoms with Crippen LogP contribution in [0.4, 0.5) is 23.1 Å². The summed E-state index contributed by atoms with van der Waals surface area (Å²) in [4.78, 5) is 32.2. The van der Waals surface area contributed by atoms with Gasteiger partial charge in [-0.05, 0) is 30.3 Å². The predicted molar refractivity (Wildman–Crippen MR) is 134 cm³/mol. The third-order valence-electron chi connectivity index (χ3n) is 5.54. The molecule has 0 radical (unpaired) electrons. The van der Waals surface area contributed by atoms with Crippen molar-refractivity contribution in [2.75, 3.05) is 41.7 Å². The second kappa shape index (κ2) is 9.63. The first kappa shape index (κ1) is 21.5. The van der Waals surface area contributed by atoms with E-state index in [0.29, 0.717) is 17.3 Å². The lowest BCUT2D eigenvalue weighted by Gasteiger charge is -2.28. The molecule has 9 heteroatoms. The summed E-state index contributed by atoms with van der Waals surface area (Å²) in [7, 11) is 0. The van der Waals surface area contributed by atoms with Gasteiger partial charge in [0.2, 0.25) is 11.9 Å². The van der Waals surface area contributed by atoms with Gasteiger partial charge in [0.15, 0.2) is 0 Å². The molecule has 0 spiro atoms. The molecule has 0 saturated carbocycles. The van der Waals surface area contributed by atoms with E-state index in [-0.39, 0.29) is 5.91 Å². The van der Waals surface area contributed by atoms with Crippen molar-refractivity contribution in [3.05, 3.63) is 73.7 Å². The highest BCUT2D eigenvalue weighted by molar-refractivity contribution is 5.99. The molecule has 1 aliphatic rings. The third kappa shape index (κ3) is 4.69. The van der Waals surface area contributed by atoms with E-state index in [1.165, 1.54) is 6.08 Å². The Bertz CT molecular complexity index is 1330. The number of carbonyl (C=O) groups excluding carboxylic acids is 1. The molecule has 1 aromatic carbocycles. The van der Waals surface area contributed by atoms with E-state index >= 15 is 0 Å². The smallest absolute Gasteiger partial charge is 0.247 e. The van der Waals surface area contributed by atoms with Gasteiger partial charge in [-0.2, -0.15) is 0 Å². The van der Waals surface area contributed by atoms with Gasteiger partial charge >= 0.3 is 0 Å². The topological polar surface area (TPSA) is 108 Å².